The third-order valence-electron chi connectivity index (χ3n) is 6.89. The number of nitrogens with two attached hydrogens (primary N) is 1. The number of hydrogen-bond acceptors (Lipinski definition) is 6. The van der Waals surface area contributed by atoms with Crippen molar-refractivity contribution in [1.82, 2.24) is 14.8 Å². The average Bonchev–Trinajstić information content (AvgIpc) is 3.25. The highest BCUT2D eigenvalue weighted by molar-refractivity contribution is 5.96. The van der Waals surface area contributed by atoms with Gasteiger partial charge in [0.1, 0.15) is 11.4 Å². The molecule has 0 spiro atoms. The molecule has 4 rings (SSSR count). The minimum Gasteiger partial charge on any atom is -0.493 e. The van der Waals surface area contributed by atoms with Gasteiger partial charge in [-0.1, -0.05) is 26.8 Å². The number of carboxylic acids is 1. The van der Waals surface area contributed by atoms with E-state index in [9.17, 15) is 9.90 Å². The van der Waals surface area contributed by atoms with Crippen molar-refractivity contribution in [2.45, 2.75) is 65.0 Å². The molecule has 0 unspecified atom stereocenters. The van der Waals surface area contributed by atoms with Gasteiger partial charge in [-0.05, 0) is 68.8 Å². The van der Waals surface area contributed by atoms with Gasteiger partial charge in [0.2, 0.25) is 0 Å². The van der Waals surface area contributed by atoms with E-state index in [0.29, 0.717) is 12.6 Å². The Morgan fingerprint density at radius 2 is 1.62 bits per heavy atom. The van der Waals surface area contributed by atoms with Crippen molar-refractivity contribution in [2.24, 2.45) is 11.1 Å². The molecule has 5 N–H and O–H groups in total. The van der Waals surface area contributed by atoms with Gasteiger partial charge in [-0.15, -0.1) is 24.8 Å². The van der Waals surface area contributed by atoms with E-state index in [0.717, 1.165) is 81.5 Å². The van der Waals surface area contributed by atoms with Crippen molar-refractivity contribution in [3.05, 3.63) is 30.0 Å². The summed E-state index contributed by atoms with van der Waals surface area (Å²) in [4.78, 5) is 18.8. The maximum atomic E-state index is 11.0. The van der Waals surface area contributed by atoms with Crippen LogP contribution >= 0.6 is 24.8 Å². The van der Waals surface area contributed by atoms with Crippen LogP contribution in [0.2, 0.25) is 0 Å². The zero-order valence-corrected chi connectivity index (χ0v) is 24.1. The quantitative estimate of drug-likeness (QED) is 0.396. The molecule has 1 aromatic carbocycles. The van der Waals surface area contributed by atoms with Gasteiger partial charge in [0.05, 0.1) is 12.7 Å². The van der Waals surface area contributed by atoms with Crippen LogP contribution in [-0.4, -0.2) is 89.0 Å². The van der Waals surface area contributed by atoms with Gasteiger partial charge in [0.25, 0.3) is 0 Å². The SMILES string of the molecule is CC(C)(C)CCOc1cccc2[nH]c(C(=O)O)cc12.Cl.Cl.NC1CCN(CCN2CCC(O)CC2)CC1. The van der Waals surface area contributed by atoms with Crippen molar-refractivity contribution < 1.29 is 19.7 Å². The summed E-state index contributed by atoms with van der Waals surface area (Å²) in [7, 11) is 0. The lowest BCUT2D eigenvalue weighted by atomic mass is 9.93. The van der Waals surface area contributed by atoms with Crippen LogP contribution in [0.15, 0.2) is 24.3 Å². The summed E-state index contributed by atoms with van der Waals surface area (Å²) < 4.78 is 5.78. The zero-order valence-electron chi connectivity index (χ0n) is 22.4. The van der Waals surface area contributed by atoms with Gasteiger partial charge in [-0.2, -0.15) is 0 Å². The van der Waals surface area contributed by atoms with Gasteiger partial charge in [-0.3, -0.25) is 0 Å². The molecule has 212 valence electrons. The first-order chi connectivity index (χ1) is 16.6. The van der Waals surface area contributed by atoms with Gasteiger partial charge >= 0.3 is 5.97 Å². The number of halogens is 2. The number of aromatic amines is 1. The van der Waals surface area contributed by atoms with Gasteiger partial charge in [-0.25, -0.2) is 4.79 Å². The highest BCUT2D eigenvalue weighted by Gasteiger charge is 2.19. The van der Waals surface area contributed by atoms with E-state index in [1.54, 1.807) is 6.07 Å². The molecule has 3 heterocycles. The molecular formula is C27H46Cl2N4O4. The summed E-state index contributed by atoms with van der Waals surface area (Å²) in [6.07, 6.45) is 5.09. The number of ether oxygens (including phenoxy) is 1. The van der Waals surface area contributed by atoms with E-state index in [1.807, 2.05) is 18.2 Å². The molecule has 0 amide bonds. The number of nitrogens with zero attached hydrogens (tertiary/aromatic N) is 2. The molecule has 2 saturated heterocycles. The zero-order chi connectivity index (χ0) is 25.4. The van der Waals surface area contributed by atoms with Crippen LogP contribution in [0.4, 0.5) is 0 Å². The van der Waals surface area contributed by atoms with Crippen LogP contribution in [0, 0.1) is 5.41 Å². The molecule has 0 radical (unpaired) electrons. The number of H-pyrrole nitrogens is 1. The van der Waals surface area contributed by atoms with Gasteiger partial charge in [0.15, 0.2) is 0 Å². The number of piperidine rings is 2. The lowest BCUT2D eigenvalue weighted by Crippen LogP contribution is -2.45. The van der Waals surface area contributed by atoms with E-state index in [2.05, 4.69) is 35.6 Å². The first-order valence-corrected chi connectivity index (χ1v) is 13.0. The number of aliphatic hydroxyl groups excluding tert-OH is 1. The van der Waals surface area contributed by atoms with Crippen LogP contribution in [-0.2, 0) is 0 Å². The number of aromatic nitrogens is 1. The smallest absolute Gasteiger partial charge is 0.352 e. The molecule has 0 saturated carbocycles. The molecular weight excluding hydrogens is 515 g/mol. The largest absolute Gasteiger partial charge is 0.493 e. The fourth-order valence-electron chi connectivity index (χ4n) is 4.44. The second-order valence-electron chi connectivity index (χ2n) is 11.1. The second-order valence-corrected chi connectivity index (χ2v) is 11.1. The molecule has 2 aliphatic heterocycles. The number of nitrogens with one attached hydrogen (secondary N) is 1. The molecule has 2 aromatic rings. The molecule has 10 heteroatoms. The number of benzene rings is 1. The molecule has 2 fully saturated rings. The molecule has 8 nitrogen and oxygen atoms in total. The summed E-state index contributed by atoms with van der Waals surface area (Å²) in [6.45, 7) is 13.9. The monoisotopic (exact) mass is 560 g/mol. The number of aliphatic hydroxyl groups is 1. The number of carboxylic acid groups (broad SMARTS) is 1. The number of hydrogen-bond donors (Lipinski definition) is 4. The van der Waals surface area contributed by atoms with E-state index in [4.69, 9.17) is 15.6 Å². The fourth-order valence-corrected chi connectivity index (χ4v) is 4.44. The lowest BCUT2D eigenvalue weighted by molar-refractivity contribution is 0.0691. The number of likely N-dealkylation sites (tertiary alicyclic amines) is 2. The first kappa shape index (κ1) is 33.5. The Hall–Kier alpha value is -1.55. The molecule has 1 aromatic heterocycles. The Morgan fingerprint density at radius 1 is 1.05 bits per heavy atom. The summed E-state index contributed by atoms with van der Waals surface area (Å²) in [5.41, 5.74) is 7.07. The number of aromatic carboxylic acids is 1. The van der Waals surface area contributed by atoms with Crippen LogP contribution < -0.4 is 10.5 Å². The summed E-state index contributed by atoms with van der Waals surface area (Å²) >= 11 is 0. The second kappa shape index (κ2) is 15.8. The molecule has 2 aliphatic rings. The maximum absolute atomic E-state index is 11.0. The van der Waals surface area contributed by atoms with Crippen molar-refractivity contribution >= 4 is 41.7 Å². The van der Waals surface area contributed by atoms with Gasteiger partial charge < -0.3 is 35.5 Å². The average molecular weight is 562 g/mol. The van der Waals surface area contributed by atoms with Crippen LogP contribution in [0.3, 0.4) is 0 Å². The Balaban J connectivity index is 0.000000355. The molecule has 37 heavy (non-hydrogen) atoms. The predicted molar refractivity (Wildman–Crippen MR) is 155 cm³/mol. The third-order valence-corrected chi connectivity index (χ3v) is 6.89. The number of rotatable bonds is 7. The van der Waals surface area contributed by atoms with Crippen LogP contribution in [0.5, 0.6) is 5.75 Å². The van der Waals surface area contributed by atoms with Crippen LogP contribution in [0.1, 0.15) is 63.4 Å². The number of fused-ring (bicyclic) bond motifs is 1. The summed E-state index contributed by atoms with van der Waals surface area (Å²) in [5.74, 6) is -0.234. The fraction of sp³-hybridized carbons (Fsp3) is 0.667. The predicted octanol–water partition coefficient (Wildman–Crippen LogP) is 4.39. The van der Waals surface area contributed by atoms with Gasteiger partial charge in [0, 0.05) is 43.1 Å². The standard InChI is InChI=1S/C15H19NO3.C12H25N3O.2ClH/c1-15(2,3)7-8-19-13-6-4-5-11-10(13)9-12(16-11)14(17)18;13-11-1-5-14(6-2-11)9-10-15-7-3-12(16)4-8-15;;/h4-6,9,16H,7-8H2,1-3H3,(H,17,18);11-12,16H,1-10,13H2;2*1H. The van der Waals surface area contributed by atoms with Crippen molar-refractivity contribution in [2.75, 3.05) is 45.9 Å². The molecule has 0 bridgehead atoms. The van der Waals surface area contributed by atoms with E-state index < -0.39 is 5.97 Å². The topological polar surface area (TPSA) is 115 Å². The van der Waals surface area contributed by atoms with Crippen molar-refractivity contribution in [3.8, 4) is 5.75 Å². The third kappa shape index (κ3) is 11.4. The van der Waals surface area contributed by atoms with Crippen molar-refractivity contribution in [1.29, 1.82) is 0 Å². The normalized spacial score (nSPS) is 17.9. The Kier molecular flexibility index (Phi) is 14.3. The minimum absolute atomic E-state index is 0. The lowest BCUT2D eigenvalue weighted by Gasteiger charge is -2.34. The molecule has 0 atom stereocenters. The Morgan fingerprint density at radius 3 is 2.16 bits per heavy atom. The van der Waals surface area contributed by atoms with Crippen LogP contribution in [0.25, 0.3) is 10.9 Å². The molecule has 0 aliphatic carbocycles. The van der Waals surface area contributed by atoms with Crippen molar-refractivity contribution in [3.63, 3.8) is 0 Å². The summed E-state index contributed by atoms with van der Waals surface area (Å²) in [5, 5.41) is 19.2. The van der Waals surface area contributed by atoms with E-state index in [-0.39, 0.29) is 42.0 Å². The Labute approximate surface area is 233 Å². The number of carbonyl (C=O) groups is 1. The van der Waals surface area contributed by atoms with E-state index >= 15 is 0 Å². The first-order valence-electron chi connectivity index (χ1n) is 13.0. The highest BCUT2D eigenvalue weighted by Crippen LogP contribution is 2.27. The van der Waals surface area contributed by atoms with E-state index in [1.165, 1.54) is 6.54 Å². The highest BCUT2D eigenvalue weighted by atomic mass is 35.5. The Bertz CT molecular complexity index is 912. The summed E-state index contributed by atoms with van der Waals surface area (Å²) in [6, 6.07) is 7.62. The minimum atomic E-state index is -0.961. The maximum Gasteiger partial charge on any atom is 0.352 e.